The van der Waals surface area contributed by atoms with E-state index in [1.165, 1.54) is 0 Å². The van der Waals surface area contributed by atoms with Crippen LogP contribution in [0.3, 0.4) is 0 Å². The lowest BCUT2D eigenvalue weighted by Crippen LogP contribution is -2.46. The molecule has 2 aliphatic rings. The number of benzene rings is 1. The molecule has 1 aromatic carbocycles. The lowest BCUT2D eigenvalue weighted by molar-refractivity contribution is 0.174. The van der Waals surface area contributed by atoms with Gasteiger partial charge in [0, 0.05) is 5.56 Å². The fourth-order valence-corrected chi connectivity index (χ4v) is 2.79. The van der Waals surface area contributed by atoms with Gasteiger partial charge in [-0.2, -0.15) is 5.10 Å². The second kappa shape index (κ2) is 4.12. The molecule has 0 saturated carbocycles. The number of nitrogens with zero attached hydrogens (tertiary/aromatic N) is 1. The van der Waals surface area contributed by atoms with Crippen molar-refractivity contribution >= 4 is 17.3 Å². The molecule has 5 nitrogen and oxygen atoms in total. The first-order valence-electron chi connectivity index (χ1n) is 5.46. The van der Waals surface area contributed by atoms with Gasteiger partial charge in [-0.1, -0.05) is 24.8 Å². The van der Waals surface area contributed by atoms with Crippen LogP contribution in [-0.2, 0) is 4.99 Å². The maximum atomic E-state index is 5.39. The van der Waals surface area contributed by atoms with Crippen LogP contribution in [0.2, 0.25) is 0 Å². The van der Waals surface area contributed by atoms with E-state index in [4.69, 9.17) is 9.47 Å². The first-order valence-corrected chi connectivity index (χ1v) is 6.34. The molecule has 0 spiro atoms. The van der Waals surface area contributed by atoms with Crippen molar-refractivity contribution in [2.24, 2.45) is 5.10 Å². The molecule has 0 aromatic heterocycles. The number of hydrogen-bond donors (Lipinski definition) is 2. The van der Waals surface area contributed by atoms with E-state index >= 15 is 0 Å². The molecule has 17 heavy (non-hydrogen) atoms. The van der Waals surface area contributed by atoms with E-state index in [0.29, 0.717) is 6.79 Å². The van der Waals surface area contributed by atoms with E-state index in [1.54, 1.807) is 17.3 Å². The van der Waals surface area contributed by atoms with Gasteiger partial charge in [-0.05, 0) is 18.7 Å². The van der Waals surface area contributed by atoms with Gasteiger partial charge >= 0.3 is 0 Å². The molecule has 1 atom stereocenters. The molecule has 2 aliphatic heterocycles. The third-order valence-electron chi connectivity index (χ3n) is 2.71. The lowest BCUT2D eigenvalue weighted by atomic mass is 10.1. The Morgan fingerprint density at radius 3 is 3.12 bits per heavy atom. The van der Waals surface area contributed by atoms with Gasteiger partial charge in [-0.15, -0.1) is 0 Å². The Labute approximate surface area is 104 Å². The molecule has 0 fully saturated rings. The molecule has 2 N–H and O–H groups in total. The summed E-state index contributed by atoms with van der Waals surface area (Å²) in [6.45, 7) is 3.21. The number of hydrogen-bond acceptors (Lipinski definition) is 6. The largest absolute Gasteiger partial charge is 0.454 e. The van der Waals surface area contributed by atoms with Crippen molar-refractivity contribution in [1.29, 1.82) is 0 Å². The summed E-state index contributed by atoms with van der Waals surface area (Å²) < 4.78 is 10.7. The van der Waals surface area contributed by atoms with Crippen LogP contribution in [0.15, 0.2) is 23.3 Å². The van der Waals surface area contributed by atoms with Crippen molar-refractivity contribution in [1.82, 2.24) is 10.7 Å². The summed E-state index contributed by atoms with van der Waals surface area (Å²) >= 11 is 1.60. The van der Waals surface area contributed by atoms with Crippen molar-refractivity contribution in [2.45, 2.75) is 11.9 Å². The number of thioether (sulfide) groups is 1. The molecular formula is C11H13N3O2S. The van der Waals surface area contributed by atoms with E-state index in [1.807, 2.05) is 18.2 Å². The highest BCUT2D eigenvalue weighted by Crippen LogP contribution is 2.39. The van der Waals surface area contributed by atoms with Crippen molar-refractivity contribution in [3.8, 4) is 11.5 Å². The van der Waals surface area contributed by atoms with Gasteiger partial charge in [-0.3, -0.25) is 10.7 Å². The summed E-state index contributed by atoms with van der Waals surface area (Å²) in [5.74, 6) is 1.58. The molecule has 3 rings (SSSR count). The topological polar surface area (TPSA) is 54.9 Å². The van der Waals surface area contributed by atoms with Crippen LogP contribution in [-0.4, -0.2) is 18.9 Å². The summed E-state index contributed by atoms with van der Waals surface area (Å²) in [6.07, 6.45) is 0. The normalized spacial score (nSPS) is 25.0. The Hall–Kier alpha value is -1.40. The maximum Gasteiger partial charge on any atom is 0.231 e. The molecule has 90 valence electrons. The van der Waals surface area contributed by atoms with Gasteiger partial charge in [-0.25, -0.2) is 0 Å². The lowest BCUT2D eigenvalue weighted by Gasteiger charge is -2.28. The van der Waals surface area contributed by atoms with Crippen LogP contribution in [0.25, 0.3) is 0 Å². The van der Waals surface area contributed by atoms with Gasteiger partial charge in [0.15, 0.2) is 16.5 Å². The van der Waals surface area contributed by atoms with Crippen molar-refractivity contribution in [3.05, 3.63) is 23.8 Å². The Morgan fingerprint density at radius 1 is 1.47 bits per heavy atom. The third kappa shape index (κ3) is 1.73. The Balaban J connectivity index is 1.96. The van der Waals surface area contributed by atoms with Crippen LogP contribution in [0, 0.1) is 0 Å². The van der Waals surface area contributed by atoms with Crippen LogP contribution in [0.4, 0.5) is 0 Å². The molecule has 6 heteroatoms. The molecule has 1 aromatic rings. The van der Waals surface area contributed by atoms with Crippen molar-refractivity contribution < 1.29 is 9.47 Å². The minimum Gasteiger partial charge on any atom is -0.454 e. The zero-order chi connectivity index (χ0) is 11.7. The standard InChI is InChI=1S/C11H13N3O2S/c1-2-12-11(14-13-6-17-11)8-3-4-9-10(5-8)16-7-15-9/h3-6,12,14H,2,7H2,1H3. The smallest absolute Gasteiger partial charge is 0.231 e. The highest BCUT2D eigenvalue weighted by Gasteiger charge is 2.35. The van der Waals surface area contributed by atoms with Crippen molar-refractivity contribution in [3.63, 3.8) is 0 Å². The van der Waals surface area contributed by atoms with Gasteiger partial charge < -0.3 is 9.47 Å². The molecule has 0 aliphatic carbocycles. The molecule has 1 unspecified atom stereocenters. The van der Waals surface area contributed by atoms with Crippen LogP contribution >= 0.6 is 11.8 Å². The third-order valence-corrected chi connectivity index (χ3v) is 3.74. The van der Waals surface area contributed by atoms with Crippen LogP contribution in [0.5, 0.6) is 11.5 Å². The second-order valence-corrected chi connectivity index (χ2v) is 4.80. The van der Waals surface area contributed by atoms with Crippen LogP contribution < -0.4 is 20.2 Å². The highest BCUT2D eigenvalue weighted by molar-refractivity contribution is 8.13. The molecule has 0 bridgehead atoms. The number of nitrogens with one attached hydrogen (secondary N) is 2. The number of rotatable bonds is 3. The van der Waals surface area contributed by atoms with Gasteiger partial charge in [0.2, 0.25) is 6.79 Å². The predicted molar refractivity (Wildman–Crippen MR) is 67.1 cm³/mol. The average molecular weight is 251 g/mol. The number of ether oxygens (including phenoxy) is 2. The Kier molecular flexibility index (Phi) is 2.60. The van der Waals surface area contributed by atoms with Gasteiger partial charge in [0.25, 0.3) is 0 Å². The van der Waals surface area contributed by atoms with Gasteiger partial charge in [0.1, 0.15) is 0 Å². The average Bonchev–Trinajstić information content (AvgIpc) is 2.96. The van der Waals surface area contributed by atoms with E-state index in [-0.39, 0.29) is 0 Å². The first-order chi connectivity index (χ1) is 8.34. The summed E-state index contributed by atoms with van der Waals surface area (Å²) in [5.41, 5.74) is 5.98. The summed E-state index contributed by atoms with van der Waals surface area (Å²) in [5, 5.41) is 7.47. The molecule has 2 heterocycles. The predicted octanol–water partition coefficient (Wildman–Crippen LogP) is 1.41. The fraction of sp³-hybridized carbons (Fsp3) is 0.364. The monoisotopic (exact) mass is 251 g/mol. The minimum absolute atomic E-state index is 0.296. The zero-order valence-electron chi connectivity index (χ0n) is 9.40. The summed E-state index contributed by atoms with van der Waals surface area (Å²) in [6, 6.07) is 5.93. The van der Waals surface area contributed by atoms with E-state index in [9.17, 15) is 0 Å². The van der Waals surface area contributed by atoms with Crippen molar-refractivity contribution in [2.75, 3.05) is 13.3 Å². The Bertz CT molecular complexity index is 456. The van der Waals surface area contributed by atoms with Gasteiger partial charge in [0.05, 0.1) is 5.55 Å². The zero-order valence-corrected chi connectivity index (χ0v) is 10.2. The quantitative estimate of drug-likeness (QED) is 0.851. The molecular weight excluding hydrogens is 238 g/mol. The first kappa shape index (κ1) is 10.7. The molecule has 0 saturated heterocycles. The molecule has 0 radical (unpaired) electrons. The van der Waals surface area contributed by atoms with E-state index in [0.717, 1.165) is 23.6 Å². The summed E-state index contributed by atoms with van der Waals surface area (Å²) in [4.78, 5) is -0.393. The van der Waals surface area contributed by atoms with E-state index < -0.39 is 4.99 Å². The number of fused-ring (bicyclic) bond motifs is 1. The summed E-state index contributed by atoms with van der Waals surface area (Å²) in [7, 11) is 0. The molecule has 0 amide bonds. The number of hydrazone groups is 1. The van der Waals surface area contributed by atoms with E-state index in [2.05, 4.69) is 22.8 Å². The minimum atomic E-state index is -0.393. The van der Waals surface area contributed by atoms with Crippen LogP contribution in [0.1, 0.15) is 12.5 Å². The maximum absolute atomic E-state index is 5.39. The highest BCUT2D eigenvalue weighted by atomic mass is 32.2. The fourth-order valence-electron chi connectivity index (χ4n) is 1.93. The SMILES string of the molecule is CCNC1(c2ccc3c(c2)OCO3)NN=CS1. The second-order valence-electron chi connectivity index (χ2n) is 3.74. The Morgan fingerprint density at radius 2 is 2.35 bits per heavy atom.